The van der Waals surface area contributed by atoms with Gasteiger partial charge in [0.2, 0.25) is 0 Å². The molecule has 7 heteroatoms. The molecule has 39 heavy (non-hydrogen) atoms. The highest BCUT2D eigenvalue weighted by atomic mass is 19.1. The monoisotopic (exact) mass is 538 g/mol. The molecule has 3 aromatic carbocycles. The minimum atomic E-state index is -1.17. The van der Waals surface area contributed by atoms with Crippen LogP contribution in [0.15, 0.2) is 60.7 Å². The highest BCUT2D eigenvalue weighted by Gasteiger charge is 2.23. The zero-order chi connectivity index (χ0) is 28.2. The molecule has 0 amide bonds. The lowest BCUT2D eigenvalue weighted by Crippen LogP contribution is -2.17. The third-order valence-electron chi connectivity index (χ3n) is 6.39. The number of halogens is 2. The van der Waals surface area contributed by atoms with Gasteiger partial charge in [-0.1, -0.05) is 70.2 Å². The van der Waals surface area contributed by atoms with Crippen LogP contribution in [0.3, 0.4) is 0 Å². The molecule has 3 aromatic rings. The quantitative estimate of drug-likeness (QED) is 0.117. The van der Waals surface area contributed by atoms with E-state index in [0.29, 0.717) is 13.0 Å². The number of ether oxygens (including phenoxy) is 3. The van der Waals surface area contributed by atoms with E-state index in [1.54, 1.807) is 38.1 Å². The predicted octanol–water partition coefficient (Wildman–Crippen LogP) is 8.55. The van der Waals surface area contributed by atoms with E-state index in [0.717, 1.165) is 35.4 Å². The van der Waals surface area contributed by atoms with Gasteiger partial charge in [0.25, 0.3) is 0 Å². The molecule has 0 aromatic heterocycles. The third kappa shape index (κ3) is 8.91. The molecule has 0 aliphatic heterocycles. The van der Waals surface area contributed by atoms with Gasteiger partial charge in [0, 0.05) is 12.1 Å². The summed E-state index contributed by atoms with van der Waals surface area (Å²) >= 11 is 0. The zero-order valence-corrected chi connectivity index (χ0v) is 22.8. The van der Waals surface area contributed by atoms with Crippen molar-refractivity contribution in [2.24, 2.45) is 0 Å². The summed E-state index contributed by atoms with van der Waals surface area (Å²) in [5.41, 5.74) is 1.22. The van der Waals surface area contributed by atoms with E-state index in [1.807, 2.05) is 24.3 Å². The van der Waals surface area contributed by atoms with Crippen LogP contribution in [0.4, 0.5) is 8.78 Å². The van der Waals surface area contributed by atoms with Crippen molar-refractivity contribution in [3.05, 3.63) is 83.4 Å². The highest BCUT2D eigenvalue weighted by Crippen LogP contribution is 2.25. The molecule has 1 atom stereocenters. The Hall–Kier alpha value is -3.74. The van der Waals surface area contributed by atoms with Crippen LogP contribution >= 0.6 is 0 Å². The van der Waals surface area contributed by atoms with Gasteiger partial charge in [-0.25, -0.2) is 18.4 Å². The van der Waals surface area contributed by atoms with Crippen molar-refractivity contribution in [2.45, 2.75) is 71.8 Å². The van der Waals surface area contributed by atoms with Crippen LogP contribution in [0.5, 0.6) is 11.5 Å². The summed E-state index contributed by atoms with van der Waals surface area (Å²) in [5.74, 6) is -3.76. The van der Waals surface area contributed by atoms with Gasteiger partial charge in [0.15, 0.2) is 0 Å². The van der Waals surface area contributed by atoms with Crippen LogP contribution in [0, 0.1) is 11.6 Å². The third-order valence-corrected chi connectivity index (χ3v) is 6.39. The summed E-state index contributed by atoms with van der Waals surface area (Å²) in [6.07, 6.45) is 7.28. The maximum Gasteiger partial charge on any atom is 0.344 e. The van der Waals surface area contributed by atoms with Gasteiger partial charge < -0.3 is 14.2 Å². The van der Waals surface area contributed by atoms with E-state index in [4.69, 9.17) is 14.2 Å². The molecule has 0 aliphatic rings. The highest BCUT2D eigenvalue weighted by molar-refractivity contribution is 5.92. The molecule has 0 spiro atoms. The predicted molar refractivity (Wildman–Crippen MR) is 147 cm³/mol. The molecule has 5 nitrogen and oxygen atoms in total. The van der Waals surface area contributed by atoms with E-state index < -0.39 is 35.2 Å². The fourth-order valence-electron chi connectivity index (χ4n) is 3.91. The van der Waals surface area contributed by atoms with Gasteiger partial charge in [0.1, 0.15) is 28.7 Å². The number of benzene rings is 3. The Morgan fingerprint density at radius 1 is 0.744 bits per heavy atom. The molecule has 3 rings (SSSR count). The van der Waals surface area contributed by atoms with Crippen molar-refractivity contribution < 1.29 is 32.6 Å². The summed E-state index contributed by atoms with van der Waals surface area (Å²) in [4.78, 5) is 24.6. The maximum absolute atomic E-state index is 14.4. The van der Waals surface area contributed by atoms with E-state index in [1.165, 1.54) is 32.1 Å². The SMILES string of the molecule is CCCCCCCCOc1ccc(-c2ccc(C(=O)Oc3cc(F)c(C(=O)OC(C)CC)c(F)c3)cc2)cc1. The lowest BCUT2D eigenvalue weighted by molar-refractivity contribution is 0.0323. The zero-order valence-electron chi connectivity index (χ0n) is 22.8. The molecule has 0 fully saturated rings. The first-order valence-corrected chi connectivity index (χ1v) is 13.6. The molecule has 0 aliphatic carbocycles. The summed E-state index contributed by atoms with van der Waals surface area (Å²) in [5, 5.41) is 0. The standard InChI is InChI=1S/C32H36F2O5/c1-4-6-7-8-9-10-19-37-26-17-15-24(16-18-26)23-11-13-25(14-12-23)31(35)39-27-20-28(33)30(29(34)21-27)32(36)38-22(3)5-2/h11-18,20-22H,4-10,19H2,1-3H3. The maximum atomic E-state index is 14.4. The minimum Gasteiger partial charge on any atom is -0.494 e. The molecule has 0 radical (unpaired) electrons. The fourth-order valence-corrected chi connectivity index (χ4v) is 3.91. The van der Waals surface area contributed by atoms with Gasteiger partial charge in [0.05, 0.1) is 18.3 Å². The molecule has 0 saturated heterocycles. The smallest absolute Gasteiger partial charge is 0.344 e. The average molecular weight is 539 g/mol. The summed E-state index contributed by atoms with van der Waals surface area (Å²) < 4.78 is 44.9. The average Bonchev–Trinajstić information content (AvgIpc) is 2.92. The number of carbonyl (C=O) groups is 2. The van der Waals surface area contributed by atoms with Crippen molar-refractivity contribution in [2.75, 3.05) is 6.61 Å². The van der Waals surface area contributed by atoms with Crippen molar-refractivity contribution in [1.29, 1.82) is 0 Å². The largest absolute Gasteiger partial charge is 0.494 e. The Balaban J connectivity index is 1.56. The second-order valence-corrected chi connectivity index (χ2v) is 9.49. The molecule has 0 bridgehead atoms. The Labute approximate surface area is 229 Å². The summed E-state index contributed by atoms with van der Waals surface area (Å²) in [7, 11) is 0. The van der Waals surface area contributed by atoms with Gasteiger partial charge >= 0.3 is 11.9 Å². The van der Waals surface area contributed by atoms with Crippen LogP contribution in [0.2, 0.25) is 0 Å². The number of rotatable bonds is 14. The first-order valence-electron chi connectivity index (χ1n) is 13.6. The second-order valence-electron chi connectivity index (χ2n) is 9.49. The molecular weight excluding hydrogens is 502 g/mol. The Morgan fingerprint density at radius 3 is 1.90 bits per heavy atom. The first kappa shape index (κ1) is 29.8. The van der Waals surface area contributed by atoms with Crippen molar-refractivity contribution in [3.63, 3.8) is 0 Å². The van der Waals surface area contributed by atoms with Crippen LogP contribution < -0.4 is 9.47 Å². The van der Waals surface area contributed by atoms with Gasteiger partial charge in [-0.15, -0.1) is 0 Å². The summed E-state index contributed by atoms with van der Waals surface area (Å²) in [6.45, 7) is 6.31. The van der Waals surface area contributed by atoms with Crippen LogP contribution in [-0.4, -0.2) is 24.6 Å². The second kappa shape index (κ2) is 15.0. The summed E-state index contributed by atoms with van der Waals surface area (Å²) in [6, 6.07) is 16.0. The normalized spacial score (nSPS) is 11.6. The lowest BCUT2D eigenvalue weighted by atomic mass is 10.0. The minimum absolute atomic E-state index is 0.207. The fraction of sp³-hybridized carbons (Fsp3) is 0.375. The molecular formula is C32H36F2O5. The lowest BCUT2D eigenvalue weighted by Gasteiger charge is -2.12. The van der Waals surface area contributed by atoms with Crippen LogP contribution in [0.1, 0.15) is 86.4 Å². The van der Waals surface area contributed by atoms with Gasteiger partial charge in [-0.2, -0.15) is 0 Å². The first-order chi connectivity index (χ1) is 18.8. The molecule has 208 valence electrons. The van der Waals surface area contributed by atoms with Crippen LogP contribution in [0.25, 0.3) is 11.1 Å². The van der Waals surface area contributed by atoms with E-state index in [-0.39, 0.29) is 11.3 Å². The van der Waals surface area contributed by atoms with Gasteiger partial charge in [-0.05, 0) is 55.2 Å². The number of esters is 2. The number of unbranched alkanes of at least 4 members (excludes halogenated alkanes) is 5. The molecule has 1 unspecified atom stereocenters. The number of carbonyl (C=O) groups excluding carboxylic acids is 2. The Morgan fingerprint density at radius 2 is 1.31 bits per heavy atom. The molecule has 0 N–H and O–H groups in total. The van der Waals surface area contributed by atoms with E-state index in [9.17, 15) is 18.4 Å². The van der Waals surface area contributed by atoms with Crippen molar-refractivity contribution >= 4 is 11.9 Å². The van der Waals surface area contributed by atoms with Crippen molar-refractivity contribution in [3.8, 4) is 22.6 Å². The van der Waals surface area contributed by atoms with E-state index in [2.05, 4.69) is 6.92 Å². The van der Waals surface area contributed by atoms with Gasteiger partial charge in [-0.3, -0.25) is 0 Å². The topological polar surface area (TPSA) is 61.8 Å². The van der Waals surface area contributed by atoms with Crippen molar-refractivity contribution in [1.82, 2.24) is 0 Å². The Bertz CT molecular complexity index is 1200. The molecule has 0 saturated carbocycles. The number of hydrogen-bond acceptors (Lipinski definition) is 5. The van der Waals surface area contributed by atoms with Crippen LogP contribution in [-0.2, 0) is 4.74 Å². The van der Waals surface area contributed by atoms with E-state index >= 15 is 0 Å². The Kier molecular flexibility index (Phi) is 11.5. The molecule has 0 heterocycles. The number of hydrogen-bond donors (Lipinski definition) is 0.